The fourth-order valence-electron chi connectivity index (χ4n) is 2.17. The minimum atomic E-state index is -0.342. The third-order valence-corrected chi connectivity index (χ3v) is 4.03. The van der Waals surface area contributed by atoms with Gasteiger partial charge in [0.15, 0.2) is 0 Å². The zero-order valence-corrected chi connectivity index (χ0v) is 14.8. The monoisotopic (exact) mass is 382 g/mol. The lowest BCUT2D eigenvalue weighted by Crippen LogP contribution is -2.13. The van der Waals surface area contributed by atoms with Crippen LogP contribution in [0.1, 0.15) is 16.1 Å². The van der Waals surface area contributed by atoms with Crippen LogP contribution in [0.25, 0.3) is 0 Å². The predicted molar refractivity (Wildman–Crippen MR) is 103 cm³/mol. The Morgan fingerprint density at radius 2 is 1.73 bits per heavy atom. The van der Waals surface area contributed by atoms with E-state index in [1.165, 1.54) is 0 Å². The molecule has 0 aliphatic heterocycles. The van der Waals surface area contributed by atoms with E-state index >= 15 is 0 Å². The first-order valence-corrected chi connectivity index (χ1v) is 8.30. The number of nitrogens with one attached hydrogen (secondary N) is 2. The van der Waals surface area contributed by atoms with Gasteiger partial charge >= 0.3 is 0 Å². The molecule has 2 N–H and O–H groups in total. The standard InChI is InChI=1S/C19H12Cl2N4O/c20-13-3-7-17(16(21)9-13)24-15-6-8-18(23-11-15)19(26)25-14-4-1-12(10-22)2-5-14/h1-9,11,24H,(H,25,26). The highest BCUT2D eigenvalue weighted by molar-refractivity contribution is 6.36. The average molecular weight is 383 g/mol. The van der Waals surface area contributed by atoms with Crippen LogP contribution in [-0.4, -0.2) is 10.9 Å². The second-order valence-electron chi connectivity index (χ2n) is 5.32. The number of hydrogen-bond acceptors (Lipinski definition) is 4. The Balaban J connectivity index is 1.68. The van der Waals surface area contributed by atoms with Gasteiger partial charge in [0.1, 0.15) is 5.69 Å². The minimum Gasteiger partial charge on any atom is -0.353 e. The molecule has 0 bridgehead atoms. The van der Waals surface area contributed by atoms with Crippen LogP contribution in [0.15, 0.2) is 60.8 Å². The molecular weight excluding hydrogens is 371 g/mol. The predicted octanol–water partition coefficient (Wildman–Crippen LogP) is 5.26. The number of carbonyl (C=O) groups is 1. The third-order valence-electron chi connectivity index (χ3n) is 3.48. The Morgan fingerprint density at radius 1 is 1.00 bits per heavy atom. The number of halogens is 2. The molecule has 0 atom stereocenters. The van der Waals surface area contributed by atoms with Gasteiger partial charge in [-0.25, -0.2) is 4.98 Å². The lowest BCUT2D eigenvalue weighted by atomic mass is 10.2. The topological polar surface area (TPSA) is 77.8 Å². The van der Waals surface area contributed by atoms with Gasteiger partial charge in [-0.3, -0.25) is 4.79 Å². The maximum atomic E-state index is 12.2. The normalized spacial score (nSPS) is 10.0. The number of amides is 1. The van der Waals surface area contributed by atoms with Gasteiger partial charge in [0, 0.05) is 10.7 Å². The Hall–Kier alpha value is -3.07. The van der Waals surface area contributed by atoms with Gasteiger partial charge in [-0.05, 0) is 54.6 Å². The summed E-state index contributed by atoms with van der Waals surface area (Å²) >= 11 is 12.0. The molecule has 3 aromatic rings. The van der Waals surface area contributed by atoms with Crippen molar-refractivity contribution in [1.29, 1.82) is 5.26 Å². The molecule has 0 saturated carbocycles. The summed E-state index contributed by atoms with van der Waals surface area (Å²) in [7, 11) is 0. The average Bonchev–Trinajstić information content (AvgIpc) is 2.65. The second-order valence-corrected chi connectivity index (χ2v) is 6.17. The summed E-state index contributed by atoms with van der Waals surface area (Å²) in [6, 6.07) is 17.1. The van der Waals surface area contributed by atoms with Crippen LogP contribution in [0.5, 0.6) is 0 Å². The highest BCUT2D eigenvalue weighted by Gasteiger charge is 2.08. The number of hydrogen-bond donors (Lipinski definition) is 2. The van der Waals surface area contributed by atoms with E-state index in [0.29, 0.717) is 32.7 Å². The summed E-state index contributed by atoms with van der Waals surface area (Å²) in [6.45, 7) is 0. The van der Waals surface area contributed by atoms with Crippen molar-refractivity contribution in [2.45, 2.75) is 0 Å². The molecule has 3 rings (SSSR count). The molecule has 1 aromatic heterocycles. The Morgan fingerprint density at radius 3 is 2.35 bits per heavy atom. The number of nitrogens with zero attached hydrogens (tertiary/aromatic N) is 2. The molecule has 26 heavy (non-hydrogen) atoms. The Kier molecular flexibility index (Phi) is 5.37. The zero-order chi connectivity index (χ0) is 18.5. The molecule has 0 spiro atoms. The van der Waals surface area contributed by atoms with Gasteiger partial charge in [0.05, 0.1) is 34.2 Å². The fourth-order valence-corrected chi connectivity index (χ4v) is 2.63. The number of pyridine rings is 1. The molecule has 0 unspecified atom stereocenters. The highest BCUT2D eigenvalue weighted by Crippen LogP contribution is 2.28. The lowest BCUT2D eigenvalue weighted by Gasteiger charge is -2.09. The smallest absolute Gasteiger partial charge is 0.274 e. The van der Waals surface area contributed by atoms with Crippen molar-refractivity contribution in [2.75, 3.05) is 10.6 Å². The van der Waals surface area contributed by atoms with Crippen molar-refractivity contribution in [3.05, 3.63) is 82.1 Å². The van der Waals surface area contributed by atoms with Crippen LogP contribution in [0.4, 0.5) is 17.1 Å². The lowest BCUT2D eigenvalue weighted by molar-refractivity contribution is 0.102. The van der Waals surface area contributed by atoms with Gasteiger partial charge in [-0.2, -0.15) is 5.26 Å². The summed E-state index contributed by atoms with van der Waals surface area (Å²) in [6.07, 6.45) is 1.54. The van der Waals surface area contributed by atoms with Crippen molar-refractivity contribution < 1.29 is 4.79 Å². The highest BCUT2D eigenvalue weighted by atomic mass is 35.5. The molecule has 2 aromatic carbocycles. The maximum Gasteiger partial charge on any atom is 0.274 e. The number of benzene rings is 2. The molecule has 0 aliphatic rings. The van der Waals surface area contributed by atoms with Crippen LogP contribution >= 0.6 is 23.2 Å². The second kappa shape index (κ2) is 7.87. The summed E-state index contributed by atoms with van der Waals surface area (Å²) in [5.41, 5.74) is 2.75. The molecule has 1 heterocycles. The number of anilines is 3. The summed E-state index contributed by atoms with van der Waals surface area (Å²) < 4.78 is 0. The molecule has 128 valence electrons. The van der Waals surface area contributed by atoms with Crippen LogP contribution in [0.3, 0.4) is 0 Å². The zero-order valence-electron chi connectivity index (χ0n) is 13.3. The van der Waals surface area contributed by atoms with E-state index in [9.17, 15) is 4.79 Å². The van der Waals surface area contributed by atoms with E-state index in [4.69, 9.17) is 28.5 Å². The van der Waals surface area contributed by atoms with Crippen molar-refractivity contribution >= 4 is 46.2 Å². The fraction of sp³-hybridized carbons (Fsp3) is 0. The molecule has 0 radical (unpaired) electrons. The van der Waals surface area contributed by atoms with E-state index in [1.807, 2.05) is 6.07 Å². The quantitative estimate of drug-likeness (QED) is 0.645. The largest absolute Gasteiger partial charge is 0.353 e. The van der Waals surface area contributed by atoms with E-state index in [0.717, 1.165) is 0 Å². The third kappa shape index (κ3) is 4.31. The minimum absolute atomic E-state index is 0.266. The van der Waals surface area contributed by atoms with Crippen LogP contribution in [0, 0.1) is 11.3 Å². The molecule has 0 saturated heterocycles. The summed E-state index contributed by atoms with van der Waals surface area (Å²) in [5.74, 6) is -0.342. The van der Waals surface area contributed by atoms with Gasteiger partial charge in [0.25, 0.3) is 5.91 Å². The molecule has 5 nitrogen and oxygen atoms in total. The van der Waals surface area contributed by atoms with Crippen molar-refractivity contribution in [2.24, 2.45) is 0 Å². The number of rotatable bonds is 4. The van der Waals surface area contributed by atoms with Gasteiger partial charge in [-0.1, -0.05) is 23.2 Å². The molecule has 1 amide bonds. The van der Waals surface area contributed by atoms with Gasteiger partial charge in [-0.15, -0.1) is 0 Å². The maximum absolute atomic E-state index is 12.2. The van der Waals surface area contributed by atoms with Crippen molar-refractivity contribution in [1.82, 2.24) is 4.98 Å². The van der Waals surface area contributed by atoms with E-state index < -0.39 is 0 Å². The molecule has 0 aliphatic carbocycles. The first kappa shape index (κ1) is 17.7. The van der Waals surface area contributed by atoms with Crippen molar-refractivity contribution in [3.63, 3.8) is 0 Å². The number of aromatic nitrogens is 1. The molecular formula is C19H12Cl2N4O. The van der Waals surface area contributed by atoms with E-state index in [-0.39, 0.29) is 11.6 Å². The summed E-state index contributed by atoms with van der Waals surface area (Å²) in [4.78, 5) is 16.4. The summed E-state index contributed by atoms with van der Waals surface area (Å²) in [5, 5.41) is 15.7. The van der Waals surface area contributed by atoms with Crippen LogP contribution in [-0.2, 0) is 0 Å². The van der Waals surface area contributed by atoms with Crippen LogP contribution < -0.4 is 10.6 Å². The van der Waals surface area contributed by atoms with Gasteiger partial charge in [0.2, 0.25) is 0 Å². The Labute approximate surface area is 160 Å². The Bertz CT molecular complexity index is 980. The number of nitriles is 1. The first-order valence-electron chi connectivity index (χ1n) is 7.55. The molecule has 7 heteroatoms. The first-order chi connectivity index (χ1) is 12.5. The van der Waals surface area contributed by atoms with Crippen LogP contribution in [0.2, 0.25) is 10.0 Å². The van der Waals surface area contributed by atoms with Gasteiger partial charge < -0.3 is 10.6 Å². The van der Waals surface area contributed by atoms with E-state index in [2.05, 4.69) is 15.6 Å². The SMILES string of the molecule is N#Cc1ccc(NC(=O)c2ccc(Nc3ccc(Cl)cc3Cl)cn2)cc1. The van der Waals surface area contributed by atoms with E-state index in [1.54, 1.807) is 60.8 Å². The number of carbonyl (C=O) groups excluding carboxylic acids is 1. The van der Waals surface area contributed by atoms with Crippen molar-refractivity contribution in [3.8, 4) is 6.07 Å². The molecule has 0 fully saturated rings.